The van der Waals surface area contributed by atoms with Gasteiger partial charge < -0.3 is 4.74 Å². The van der Waals surface area contributed by atoms with E-state index in [4.69, 9.17) is 11.6 Å². The Bertz CT molecular complexity index is 363. The highest BCUT2D eigenvalue weighted by Crippen LogP contribution is 1.94. The molecule has 0 aliphatic rings. The molecule has 16 heavy (non-hydrogen) atoms. The van der Waals surface area contributed by atoms with Gasteiger partial charge in [0.25, 0.3) is 0 Å². The summed E-state index contributed by atoms with van der Waals surface area (Å²) < 4.78 is 4.60. The highest BCUT2D eigenvalue weighted by Gasteiger charge is 2.09. The number of esters is 1. The first-order chi connectivity index (χ1) is 7.36. The van der Waals surface area contributed by atoms with Crippen molar-refractivity contribution in [1.82, 2.24) is 5.32 Å². The molecular weight excluding hydrogens is 236 g/mol. The van der Waals surface area contributed by atoms with Crippen LogP contribution in [0.4, 0.5) is 4.79 Å². The van der Waals surface area contributed by atoms with Crippen molar-refractivity contribution >= 4 is 35.4 Å². The number of rotatable bonds is 2. The number of hydrogen-bond acceptors (Lipinski definition) is 4. The normalized spacial score (nSPS) is 10.6. The lowest BCUT2D eigenvalue weighted by atomic mass is 10.4. The second kappa shape index (κ2) is 6.73. The quantitative estimate of drug-likeness (QED) is 0.259. The highest BCUT2D eigenvalue weighted by molar-refractivity contribution is 6.28. The SMILES string of the molecule is C=C(C)C(=O)OC(C)=NC(=O)NC(=O)CCl. The van der Waals surface area contributed by atoms with Crippen LogP contribution in [0.3, 0.4) is 0 Å². The molecule has 0 unspecified atom stereocenters. The zero-order valence-corrected chi connectivity index (χ0v) is 9.63. The molecule has 0 aromatic heterocycles. The predicted octanol–water partition coefficient (Wildman–Crippen LogP) is 0.999. The molecule has 7 heteroatoms. The zero-order valence-electron chi connectivity index (χ0n) is 8.87. The highest BCUT2D eigenvalue weighted by atomic mass is 35.5. The number of nitrogens with zero attached hydrogens (tertiary/aromatic N) is 1. The van der Waals surface area contributed by atoms with Crippen LogP contribution in [-0.2, 0) is 14.3 Å². The molecular formula is C9H11ClN2O4. The van der Waals surface area contributed by atoms with Gasteiger partial charge in [0.15, 0.2) is 5.90 Å². The lowest BCUT2D eigenvalue weighted by molar-refractivity contribution is -0.131. The number of hydrogen-bond donors (Lipinski definition) is 1. The standard InChI is InChI=1S/C9H11ClN2O4/c1-5(2)8(14)16-6(3)11-9(15)12-7(13)4-10/h1,4H2,2-3H3,(H,12,13,15). The van der Waals surface area contributed by atoms with Gasteiger partial charge in [0.2, 0.25) is 5.91 Å². The molecule has 1 N–H and O–H groups in total. The van der Waals surface area contributed by atoms with Crippen LogP contribution in [0.5, 0.6) is 0 Å². The minimum atomic E-state index is -0.947. The zero-order chi connectivity index (χ0) is 12.7. The van der Waals surface area contributed by atoms with E-state index in [0.717, 1.165) is 0 Å². The molecule has 0 aromatic carbocycles. The molecule has 3 amide bonds. The fourth-order valence-electron chi connectivity index (χ4n) is 0.568. The van der Waals surface area contributed by atoms with Gasteiger partial charge in [-0.3, -0.25) is 10.1 Å². The minimum absolute atomic E-state index is 0.173. The molecule has 0 heterocycles. The van der Waals surface area contributed by atoms with Crippen LogP contribution in [0.2, 0.25) is 0 Å². The monoisotopic (exact) mass is 246 g/mol. The first kappa shape index (κ1) is 14.3. The van der Waals surface area contributed by atoms with E-state index < -0.39 is 17.9 Å². The number of amides is 3. The number of aliphatic imine (C=N–C) groups is 1. The number of imide groups is 1. The number of nitrogens with one attached hydrogen (secondary N) is 1. The molecule has 0 radical (unpaired) electrons. The van der Waals surface area contributed by atoms with Crippen molar-refractivity contribution < 1.29 is 19.1 Å². The van der Waals surface area contributed by atoms with Gasteiger partial charge in [-0.25, -0.2) is 9.59 Å². The van der Waals surface area contributed by atoms with E-state index in [9.17, 15) is 14.4 Å². The Hall–Kier alpha value is -1.69. The summed E-state index contributed by atoms with van der Waals surface area (Å²) in [5, 5.41) is 1.85. The number of alkyl halides is 1. The summed E-state index contributed by atoms with van der Waals surface area (Å²) in [6, 6.07) is -0.947. The fourth-order valence-corrected chi connectivity index (χ4v) is 0.635. The van der Waals surface area contributed by atoms with Gasteiger partial charge in [-0.15, -0.1) is 11.6 Å². The Morgan fingerprint density at radius 2 is 1.94 bits per heavy atom. The molecule has 0 rings (SSSR count). The molecule has 0 atom stereocenters. The predicted molar refractivity (Wildman–Crippen MR) is 58.3 cm³/mol. The third kappa shape index (κ3) is 5.92. The van der Waals surface area contributed by atoms with Crippen molar-refractivity contribution in [2.24, 2.45) is 4.99 Å². The number of halogens is 1. The van der Waals surface area contributed by atoms with E-state index in [1.807, 2.05) is 5.32 Å². The van der Waals surface area contributed by atoms with Crippen LogP contribution in [0, 0.1) is 0 Å². The number of ether oxygens (including phenoxy) is 1. The van der Waals surface area contributed by atoms with Crippen molar-refractivity contribution in [3.05, 3.63) is 12.2 Å². The van der Waals surface area contributed by atoms with Gasteiger partial charge in [-0.1, -0.05) is 6.58 Å². The first-order valence-electron chi connectivity index (χ1n) is 4.19. The minimum Gasteiger partial charge on any atom is -0.408 e. The van der Waals surface area contributed by atoms with Crippen LogP contribution in [0.1, 0.15) is 13.8 Å². The molecule has 88 valence electrons. The third-order valence-electron chi connectivity index (χ3n) is 1.22. The summed E-state index contributed by atoms with van der Waals surface area (Å²) in [6.07, 6.45) is 0. The van der Waals surface area contributed by atoms with Crippen LogP contribution in [0.15, 0.2) is 17.1 Å². The van der Waals surface area contributed by atoms with Crippen molar-refractivity contribution in [3.8, 4) is 0 Å². The summed E-state index contributed by atoms with van der Waals surface area (Å²) in [5.74, 6) is -1.92. The largest absolute Gasteiger partial charge is 0.408 e. The van der Waals surface area contributed by atoms with Gasteiger partial charge in [0.1, 0.15) is 5.88 Å². The Balaban J connectivity index is 4.32. The van der Waals surface area contributed by atoms with Crippen molar-refractivity contribution in [1.29, 1.82) is 0 Å². The Labute approximate surface area is 97.3 Å². The summed E-state index contributed by atoms with van der Waals surface area (Å²) in [5.41, 5.74) is 0.173. The summed E-state index contributed by atoms with van der Waals surface area (Å²) in [7, 11) is 0. The van der Waals surface area contributed by atoms with Crippen molar-refractivity contribution in [3.63, 3.8) is 0 Å². The average Bonchev–Trinajstić information content (AvgIpc) is 2.16. The topological polar surface area (TPSA) is 84.8 Å². The van der Waals surface area contributed by atoms with Gasteiger partial charge in [0.05, 0.1) is 0 Å². The third-order valence-corrected chi connectivity index (χ3v) is 1.46. The van der Waals surface area contributed by atoms with Crippen molar-refractivity contribution in [2.45, 2.75) is 13.8 Å². The lowest BCUT2D eigenvalue weighted by Crippen LogP contribution is -2.29. The Kier molecular flexibility index (Phi) is 6.02. The van der Waals surface area contributed by atoms with Gasteiger partial charge in [-0.05, 0) is 6.92 Å². The van der Waals surface area contributed by atoms with Gasteiger partial charge in [-0.2, -0.15) is 4.99 Å². The van der Waals surface area contributed by atoms with E-state index in [2.05, 4.69) is 16.3 Å². The van der Waals surface area contributed by atoms with Gasteiger partial charge in [0, 0.05) is 12.5 Å². The maximum atomic E-state index is 11.0. The Morgan fingerprint density at radius 3 is 2.38 bits per heavy atom. The number of carbonyl (C=O) groups is 3. The summed E-state index contributed by atoms with van der Waals surface area (Å²) in [6.45, 7) is 6.10. The van der Waals surface area contributed by atoms with E-state index in [0.29, 0.717) is 0 Å². The van der Waals surface area contributed by atoms with Crippen LogP contribution in [0.25, 0.3) is 0 Å². The number of urea groups is 1. The lowest BCUT2D eigenvalue weighted by Gasteiger charge is -2.02. The second-order valence-electron chi connectivity index (χ2n) is 2.79. The Morgan fingerprint density at radius 1 is 1.38 bits per heavy atom. The first-order valence-corrected chi connectivity index (χ1v) is 4.73. The molecule has 0 spiro atoms. The molecule has 6 nitrogen and oxygen atoms in total. The second-order valence-corrected chi connectivity index (χ2v) is 3.05. The van der Waals surface area contributed by atoms with E-state index in [1.54, 1.807) is 0 Å². The van der Waals surface area contributed by atoms with Crippen LogP contribution in [-0.4, -0.2) is 29.7 Å². The molecule has 0 bridgehead atoms. The molecule has 0 aromatic rings. The van der Waals surface area contributed by atoms with Crippen LogP contribution >= 0.6 is 11.6 Å². The average molecular weight is 247 g/mol. The molecule has 0 fully saturated rings. The smallest absolute Gasteiger partial charge is 0.350 e. The fraction of sp³-hybridized carbons (Fsp3) is 0.333. The van der Waals surface area contributed by atoms with Gasteiger partial charge >= 0.3 is 12.0 Å². The van der Waals surface area contributed by atoms with E-state index in [-0.39, 0.29) is 17.4 Å². The summed E-state index contributed by atoms with van der Waals surface area (Å²) >= 11 is 5.15. The van der Waals surface area contributed by atoms with E-state index >= 15 is 0 Å². The number of carbonyl (C=O) groups excluding carboxylic acids is 3. The molecule has 0 aliphatic carbocycles. The molecule has 0 aliphatic heterocycles. The van der Waals surface area contributed by atoms with Crippen molar-refractivity contribution in [2.75, 3.05) is 5.88 Å². The van der Waals surface area contributed by atoms with Crippen LogP contribution < -0.4 is 5.32 Å². The molecule has 0 saturated carbocycles. The van der Waals surface area contributed by atoms with E-state index in [1.165, 1.54) is 13.8 Å². The summed E-state index contributed by atoms with van der Waals surface area (Å²) in [4.78, 5) is 35.9. The maximum absolute atomic E-state index is 11.0. The molecule has 0 saturated heterocycles. The maximum Gasteiger partial charge on any atom is 0.350 e.